The normalized spacial score (nSPS) is 22.4. The average molecular weight is 430 g/mol. The number of hydrogen-bond acceptors (Lipinski definition) is 4. The summed E-state index contributed by atoms with van der Waals surface area (Å²) in [5.41, 5.74) is 7.79. The zero-order valence-electron chi connectivity index (χ0n) is 18.7. The molecule has 2 atom stereocenters. The van der Waals surface area contributed by atoms with E-state index >= 15 is 0 Å². The number of fused-ring (bicyclic) bond motifs is 2. The van der Waals surface area contributed by atoms with Gasteiger partial charge in [0.25, 0.3) is 0 Å². The Balaban J connectivity index is 1.41. The number of aliphatic hydroxyl groups excluding tert-OH is 1. The first-order chi connectivity index (χ1) is 15.7. The van der Waals surface area contributed by atoms with Gasteiger partial charge < -0.3 is 19.6 Å². The largest absolute Gasteiger partial charge is 0.396 e. The molecule has 0 bridgehead atoms. The highest BCUT2D eigenvalue weighted by atomic mass is 16.3. The first kappa shape index (κ1) is 19.8. The van der Waals surface area contributed by atoms with Crippen LogP contribution in [0.15, 0.2) is 43.0 Å². The third-order valence-electron chi connectivity index (χ3n) is 7.61. The molecular formula is C26H31N5O. The number of aromatic nitrogens is 4. The molecule has 4 aromatic rings. The van der Waals surface area contributed by atoms with Crippen LogP contribution in [0.5, 0.6) is 0 Å². The van der Waals surface area contributed by atoms with E-state index in [0.717, 1.165) is 40.6 Å². The van der Waals surface area contributed by atoms with Crippen molar-refractivity contribution in [2.24, 2.45) is 5.92 Å². The van der Waals surface area contributed by atoms with Crippen LogP contribution >= 0.6 is 0 Å². The molecule has 2 fully saturated rings. The maximum absolute atomic E-state index is 9.66. The van der Waals surface area contributed by atoms with Crippen LogP contribution in [0.4, 0.5) is 5.69 Å². The number of nitrogens with zero attached hydrogens (tertiary/aromatic N) is 4. The van der Waals surface area contributed by atoms with Crippen molar-refractivity contribution in [3.8, 4) is 11.1 Å². The number of aromatic amines is 1. The summed E-state index contributed by atoms with van der Waals surface area (Å²) >= 11 is 0. The van der Waals surface area contributed by atoms with E-state index in [1.165, 1.54) is 43.3 Å². The molecule has 0 amide bonds. The van der Waals surface area contributed by atoms with E-state index in [2.05, 4.69) is 56.7 Å². The molecule has 6 heteroatoms. The number of rotatable bonds is 4. The van der Waals surface area contributed by atoms with Crippen LogP contribution in [0, 0.1) is 5.92 Å². The third-order valence-corrected chi connectivity index (χ3v) is 7.61. The lowest BCUT2D eigenvalue weighted by atomic mass is 9.95. The van der Waals surface area contributed by atoms with Crippen LogP contribution in [-0.2, 0) is 0 Å². The Hall–Kier alpha value is -2.86. The molecule has 6 nitrogen and oxygen atoms in total. The Bertz CT molecular complexity index is 1250. The van der Waals surface area contributed by atoms with Crippen molar-refractivity contribution in [2.45, 2.75) is 57.5 Å². The van der Waals surface area contributed by atoms with Crippen molar-refractivity contribution in [3.05, 3.63) is 43.0 Å². The number of hydrogen-bond donors (Lipinski definition) is 2. The minimum atomic E-state index is 0.250. The van der Waals surface area contributed by atoms with Crippen molar-refractivity contribution >= 4 is 27.8 Å². The Kier molecular flexibility index (Phi) is 4.90. The molecule has 2 N–H and O–H groups in total. The van der Waals surface area contributed by atoms with Gasteiger partial charge in [0.2, 0.25) is 0 Å². The maximum atomic E-state index is 9.66. The van der Waals surface area contributed by atoms with Gasteiger partial charge in [-0.05, 0) is 56.0 Å². The molecule has 1 saturated carbocycles. The predicted octanol–water partition coefficient (Wildman–Crippen LogP) is 5.29. The van der Waals surface area contributed by atoms with Gasteiger partial charge in [0.15, 0.2) is 0 Å². The molecule has 1 aliphatic carbocycles. The first-order valence-corrected chi connectivity index (χ1v) is 12.0. The van der Waals surface area contributed by atoms with Gasteiger partial charge in [-0.1, -0.05) is 25.3 Å². The minimum absolute atomic E-state index is 0.250. The lowest BCUT2D eigenvalue weighted by Crippen LogP contribution is -2.27. The highest BCUT2D eigenvalue weighted by Gasteiger charge is 2.29. The Morgan fingerprint density at radius 1 is 1.09 bits per heavy atom. The van der Waals surface area contributed by atoms with Gasteiger partial charge in [0.1, 0.15) is 0 Å². The minimum Gasteiger partial charge on any atom is -0.396 e. The van der Waals surface area contributed by atoms with E-state index in [1.807, 2.05) is 6.33 Å². The quantitative estimate of drug-likeness (QED) is 0.462. The van der Waals surface area contributed by atoms with Crippen LogP contribution < -0.4 is 4.90 Å². The number of nitrogens with one attached hydrogen (secondary N) is 1. The smallest absolute Gasteiger partial charge is 0.0962 e. The highest BCUT2D eigenvalue weighted by Crippen LogP contribution is 2.37. The topological polar surface area (TPSA) is 70.0 Å². The van der Waals surface area contributed by atoms with Gasteiger partial charge in [0, 0.05) is 42.4 Å². The molecule has 2 aliphatic rings. The molecule has 3 heterocycles. The molecule has 6 rings (SSSR count). The van der Waals surface area contributed by atoms with Gasteiger partial charge in [-0.15, -0.1) is 0 Å². The van der Waals surface area contributed by atoms with Crippen molar-refractivity contribution in [1.82, 2.24) is 19.5 Å². The summed E-state index contributed by atoms with van der Waals surface area (Å²) in [5, 5.41) is 9.66. The molecule has 2 aromatic heterocycles. The predicted molar refractivity (Wildman–Crippen MR) is 129 cm³/mol. The maximum Gasteiger partial charge on any atom is 0.0962 e. The van der Waals surface area contributed by atoms with Crippen molar-refractivity contribution in [2.75, 3.05) is 18.1 Å². The van der Waals surface area contributed by atoms with Crippen molar-refractivity contribution < 1.29 is 5.11 Å². The number of aliphatic hydroxyl groups is 1. The second kappa shape index (κ2) is 7.93. The Labute approximate surface area is 188 Å². The molecule has 166 valence electrons. The molecule has 1 aliphatic heterocycles. The molecular weight excluding hydrogens is 398 g/mol. The van der Waals surface area contributed by atoms with Crippen LogP contribution in [0.2, 0.25) is 0 Å². The van der Waals surface area contributed by atoms with E-state index < -0.39 is 0 Å². The average Bonchev–Trinajstić information content (AvgIpc) is 3.56. The van der Waals surface area contributed by atoms with E-state index in [4.69, 9.17) is 4.98 Å². The van der Waals surface area contributed by atoms with Crippen LogP contribution in [0.3, 0.4) is 0 Å². The van der Waals surface area contributed by atoms with Crippen LogP contribution in [0.25, 0.3) is 33.2 Å². The van der Waals surface area contributed by atoms with Gasteiger partial charge in [0.05, 0.1) is 34.7 Å². The third kappa shape index (κ3) is 3.28. The number of H-pyrrole nitrogens is 1. The monoisotopic (exact) mass is 429 g/mol. The fourth-order valence-corrected chi connectivity index (χ4v) is 5.90. The van der Waals surface area contributed by atoms with E-state index in [0.29, 0.717) is 18.0 Å². The fraction of sp³-hybridized carbons (Fsp3) is 0.462. The summed E-state index contributed by atoms with van der Waals surface area (Å²) in [5.74, 6) is 0.339. The second-order valence-electron chi connectivity index (χ2n) is 9.72. The zero-order chi connectivity index (χ0) is 21.7. The molecule has 1 saturated heterocycles. The lowest BCUT2D eigenvalue weighted by Gasteiger charge is -2.25. The molecule has 2 aromatic carbocycles. The summed E-state index contributed by atoms with van der Waals surface area (Å²) < 4.78 is 2.39. The van der Waals surface area contributed by atoms with E-state index in [-0.39, 0.29) is 6.61 Å². The summed E-state index contributed by atoms with van der Waals surface area (Å²) in [7, 11) is 0. The Morgan fingerprint density at radius 2 is 1.97 bits per heavy atom. The highest BCUT2D eigenvalue weighted by molar-refractivity contribution is 5.97. The second-order valence-corrected chi connectivity index (χ2v) is 9.72. The van der Waals surface area contributed by atoms with Crippen molar-refractivity contribution in [1.29, 1.82) is 0 Å². The number of imidazole rings is 2. The molecule has 2 unspecified atom stereocenters. The molecule has 0 radical (unpaired) electrons. The fourth-order valence-electron chi connectivity index (χ4n) is 5.90. The first-order valence-electron chi connectivity index (χ1n) is 12.0. The molecule has 32 heavy (non-hydrogen) atoms. The lowest BCUT2D eigenvalue weighted by molar-refractivity contribution is 0.236. The van der Waals surface area contributed by atoms with E-state index in [9.17, 15) is 5.11 Å². The molecule has 0 spiro atoms. The van der Waals surface area contributed by atoms with Crippen LogP contribution in [-0.4, -0.2) is 43.8 Å². The SMILES string of the molecule is CC1CC(CO)CN1c1cc(-c2ccc3c(c2)ncn3C2CCCCC2)c2nc[nH]c2c1. The van der Waals surface area contributed by atoms with Crippen molar-refractivity contribution in [3.63, 3.8) is 0 Å². The summed E-state index contributed by atoms with van der Waals surface area (Å²) in [6.07, 6.45) is 11.3. The van der Waals surface area contributed by atoms with Gasteiger partial charge >= 0.3 is 0 Å². The summed E-state index contributed by atoms with van der Waals surface area (Å²) in [6, 6.07) is 12.1. The van der Waals surface area contributed by atoms with Gasteiger partial charge in [-0.2, -0.15) is 0 Å². The van der Waals surface area contributed by atoms with Gasteiger partial charge in [-0.25, -0.2) is 9.97 Å². The van der Waals surface area contributed by atoms with Gasteiger partial charge in [-0.3, -0.25) is 0 Å². The van der Waals surface area contributed by atoms with E-state index in [1.54, 1.807) is 6.33 Å². The van der Waals surface area contributed by atoms with Crippen LogP contribution in [0.1, 0.15) is 51.5 Å². The standard InChI is InChI=1S/C26H31N5O/c1-17-9-18(14-32)13-30(17)21-11-22(26-24(12-21)27-15-28-26)19-7-8-25-23(10-19)29-16-31(25)20-5-3-2-4-6-20/h7-8,10-12,15-18,20,32H,2-6,9,13-14H2,1H3,(H,27,28). The summed E-state index contributed by atoms with van der Waals surface area (Å²) in [6.45, 7) is 3.39. The number of anilines is 1. The Morgan fingerprint density at radius 3 is 2.78 bits per heavy atom. The zero-order valence-corrected chi connectivity index (χ0v) is 18.7. The number of benzene rings is 2. The summed E-state index contributed by atoms with van der Waals surface area (Å²) in [4.78, 5) is 15.1.